The molecule has 1 aromatic carbocycles. The Kier molecular flexibility index (Phi) is 3.60. The van der Waals surface area contributed by atoms with E-state index in [-0.39, 0.29) is 11.7 Å². The molecule has 0 bridgehead atoms. The normalized spacial score (nSPS) is 20.2. The Balaban J connectivity index is 2.61. The monoisotopic (exact) mass is 300 g/mol. The minimum Gasteiger partial charge on any atom is -0.496 e. The molecule has 0 N–H and O–H groups in total. The molecule has 0 saturated heterocycles. The third kappa shape index (κ3) is 2.00. The van der Waals surface area contributed by atoms with Crippen molar-refractivity contribution in [3.05, 3.63) is 27.7 Å². The van der Waals surface area contributed by atoms with Crippen LogP contribution in [0.4, 0.5) is 0 Å². The Labute approximate surface area is 108 Å². The molecule has 0 aromatic heterocycles. The van der Waals surface area contributed by atoms with E-state index in [0.29, 0.717) is 0 Å². The summed E-state index contributed by atoms with van der Waals surface area (Å²) in [5.41, 5.74) is 1.83. The molecule has 16 heavy (non-hydrogen) atoms. The molecule has 0 aliphatic carbocycles. The molecular weight excluding hydrogens is 288 g/mol. The first-order valence-electron chi connectivity index (χ1n) is 5.12. The molecule has 1 atom stereocenters. The Morgan fingerprint density at radius 1 is 1.50 bits per heavy atom. The van der Waals surface area contributed by atoms with Crippen molar-refractivity contribution >= 4 is 33.5 Å². The lowest BCUT2D eigenvalue weighted by Crippen LogP contribution is -2.13. The number of hydrogen-bond donors (Lipinski definition) is 0. The molecule has 86 valence electrons. The first-order chi connectivity index (χ1) is 7.65. The van der Waals surface area contributed by atoms with Crippen LogP contribution < -0.4 is 4.74 Å². The lowest BCUT2D eigenvalue weighted by atomic mass is 9.96. The van der Waals surface area contributed by atoms with Crippen LogP contribution in [-0.2, 0) is 5.75 Å². The summed E-state index contributed by atoms with van der Waals surface area (Å²) in [6.07, 6.45) is 0. The summed E-state index contributed by atoms with van der Waals surface area (Å²) in [7, 11) is 1.65. The molecule has 0 saturated carbocycles. The first-order valence-corrected chi connectivity index (χ1v) is 7.07. The molecule has 0 fully saturated rings. The molecule has 0 radical (unpaired) electrons. The second kappa shape index (κ2) is 4.80. The van der Waals surface area contributed by atoms with Gasteiger partial charge in [0.15, 0.2) is 5.78 Å². The summed E-state index contributed by atoms with van der Waals surface area (Å²) in [5, 5.41) is 0. The summed E-state index contributed by atoms with van der Waals surface area (Å²) < 4.78 is 6.20. The van der Waals surface area contributed by atoms with Crippen LogP contribution in [0.1, 0.15) is 22.8 Å². The molecule has 4 heteroatoms. The van der Waals surface area contributed by atoms with Crippen molar-refractivity contribution in [2.75, 3.05) is 12.9 Å². The van der Waals surface area contributed by atoms with Gasteiger partial charge in [-0.25, -0.2) is 0 Å². The van der Waals surface area contributed by atoms with Gasteiger partial charge < -0.3 is 4.74 Å². The number of benzene rings is 1. The van der Waals surface area contributed by atoms with E-state index in [1.54, 1.807) is 18.9 Å². The van der Waals surface area contributed by atoms with Gasteiger partial charge in [-0.2, -0.15) is 11.8 Å². The zero-order valence-electron chi connectivity index (χ0n) is 9.25. The quantitative estimate of drug-likeness (QED) is 0.794. The maximum atomic E-state index is 12.2. The van der Waals surface area contributed by atoms with Crippen molar-refractivity contribution in [3.8, 4) is 5.75 Å². The number of fused-ring (bicyclic) bond motifs is 1. The van der Waals surface area contributed by atoms with E-state index in [9.17, 15) is 4.79 Å². The van der Waals surface area contributed by atoms with Crippen LogP contribution in [0.2, 0.25) is 0 Å². The molecule has 1 unspecified atom stereocenters. The van der Waals surface area contributed by atoms with Crippen LogP contribution in [0.25, 0.3) is 0 Å². The summed E-state index contributed by atoms with van der Waals surface area (Å²) in [4.78, 5) is 12.2. The SMILES string of the molecule is COc1ccc(Br)c2c1CSCC(C)C2=O. The van der Waals surface area contributed by atoms with Crippen LogP contribution >= 0.6 is 27.7 Å². The van der Waals surface area contributed by atoms with Gasteiger partial charge in [-0.1, -0.05) is 22.9 Å². The predicted octanol–water partition coefficient (Wildman–Crippen LogP) is 3.52. The second-order valence-electron chi connectivity index (χ2n) is 3.88. The molecular formula is C12H13BrO2S. The largest absolute Gasteiger partial charge is 0.496 e. The first kappa shape index (κ1) is 12.0. The Hall–Kier alpha value is -0.480. The highest BCUT2D eigenvalue weighted by atomic mass is 79.9. The molecule has 2 nitrogen and oxygen atoms in total. The van der Waals surface area contributed by atoms with Crippen LogP contribution in [0.15, 0.2) is 16.6 Å². The number of carbonyl (C=O) groups excluding carboxylic acids is 1. The maximum absolute atomic E-state index is 12.2. The molecule has 0 amide bonds. The fourth-order valence-corrected chi connectivity index (χ4v) is 3.54. The summed E-state index contributed by atoms with van der Waals surface area (Å²) in [6, 6.07) is 3.80. The molecule has 0 spiro atoms. The van der Waals surface area contributed by atoms with Gasteiger partial charge in [-0.3, -0.25) is 4.79 Å². The number of thioether (sulfide) groups is 1. The highest BCUT2D eigenvalue weighted by molar-refractivity contribution is 9.10. The standard InChI is InChI=1S/C12H13BrO2S/c1-7-5-16-6-8-10(15-2)4-3-9(13)11(8)12(7)14/h3-4,7H,5-6H2,1-2H3. The zero-order valence-corrected chi connectivity index (χ0v) is 11.7. The topological polar surface area (TPSA) is 26.3 Å². The van der Waals surface area contributed by atoms with Gasteiger partial charge in [-0.15, -0.1) is 0 Å². The average Bonchev–Trinajstić information content (AvgIpc) is 2.41. The maximum Gasteiger partial charge on any atom is 0.168 e. The fourth-order valence-electron chi connectivity index (χ4n) is 1.86. The van der Waals surface area contributed by atoms with Gasteiger partial charge in [0.2, 0.25) is 0 Å². The highest BCUT2D eigenvalue weighted by Gasteiger charge is 2.26. The molecule has 1 heterocycles. The molecule has 1 aliphatic heterocycles. The number of carbonyl (C=O) groups is 1. The lowest BCUT2D eigenvalue weighted by molar-refractivity contribution is 0.0941. The van der Waals surface area contributed by atoms with Crippen molar-refractivity contribution in [2.24, 2.45) is 5.92 Å². The van der Waals surface area contributed by atoms with Crippen molar-refractivity contribution in [3.63, 3.8) is 0 Å². The summed E-state index contributed by atoms with van der Waals surface area (Å²) >= 11 is 5.25. The van der Waals surface area contributed by atoms with Crippen molar-refractivity contribution in [1.29, 1.82) is 0 Å². The summed E-state index contributed by atoms with van der Waals surface area (Å²) in [5.74, 6) is 2.82. The molecule has 1 aromatic rings. The third-order valence-electron chi connectivity index (χ3n) is 2.75. The smallest absolute Gasteiger partial charge is 0.168 e. The van der Waals surface area contributed by atoms with E-state index >= 15 is 0 Å². The number of hydrogen-bond acceptors (Lipinski definition) is 3. The van der Waals surface area contributed by atoms with Crippen molar-refractivity contribution < 1.29 is 9.53 Å². The van der Waals surface area contributed by atoms with E-state index in [1.165, 1.54) is 0 Å². The lowest BCUT2D eigenvalue weighted by Gasteiger charge is -2.12. The number of ether oxygens (including phenoxy) is 1. The zero-order chi connectivity index (χ0) is 11.7. The van der Waals surface area contributed by atoms with E-state index in [0.717, 1.165) is 32.9 Å². The Bertz CT molecular complexity index is 431. The molecule has 1 aliphatic rings. The van der Waals surface area contributed by atoms with Gasteiger partial charge >= 0.3 is 0 Å². The van der Waals surface area contributed by atoms with Crippen LogP contribution in [0, 0.1) is 5.92 Å². The number of ketones is 1. The van der Waals surface area contributed by atoms with Crippen LogP contribution in [-0.4, -0.2) is 18.6 Å². The van der Waals surface area contributed by atoms with Crippen LogP contribution in [0.5, 0.6) is 5.75 Å². The summed E-state index contributed by atoms with van der Waals surface area (Å²) in [6.45, 7) is 1.98. The number of rotatable bonds is 1. The van der Waals surface area contributed by atoms with Gasteiger partial charge in [0.1, 0.15) is 5.75 Å². The minimum atomic E-state index is 0.0784. The predicted molar refractivity (Wildman–Crippen MR) is 70.4 cm³/mol. The van der Waals surface area contributed by atoms with E-state index in [4.69, 9.17) is 4.74 Å². The van der Waals surface area contributed by atoms with E-state index in [1.807, 2.05) is 19.1 Å². The van der Waals surface area contributed by atoms with E-state index in [2.05, 4.69) is 15.9 Å². The van der Waals surface area contributed by atoms with Gasteiger partial charge in [0.05, 0.1) is 7.11 Å². The Morgan fingerprint density at radius 2 is 2.25 bits per heavy atom. The van der Waals surface area contributed by atoms with Crippen molar-refractivity contribution in [1.82, 2.24) is 0 Å². The Morgan fingerprint density at radius 3 is 2.94 bits per heavy atom. The number of Topliss-reactive ketones (excluding diaryl/α,β-unsaturated/α-hetero) is 1. The average molecular weight is 301 g/mol. The van der Waals surface area contributed by atoms with Crippen molar-refractivity contribution in [2.45, 2.75) is 12.7 Å². The van der Waals surface area contributed by atoms with Gasteiger partial charge in [0, 0.05) is 33.0 Å². The highest BCUT2D eigenvalue weighted by Crippen LogP contribution is 2.36. The minimum absolute atomic E-state index is 0.0784. The van der Waals surface area contributed by atoms with Gasteiger partial charge in [-0.05, 0) is 12.1 Å². The molecule has 2 rings (SSSR count). The fraction of sp³-hybridized carbons (Fsp3) is 0.417. The number of methoxy groups -OCH3 is 1. The number of halogens is 1. The van der Waals surface area contributed by atoms with Crippen LogP contribution in [0.3, 0.4) is 0 Å². The third-order valence-corrected chi connectivity index (χ3v) is 4.64. The second-order valence-corrected chi connectivity index (χ2v) is 5.77. The van der Waals surface area contributed by atoms with E-state index < -0.39 is 0 Å². The van der Waals surface area contributed by atoms with Gasteiger partial charge in [0.25, 0.3) is 0 Å².